The van der Waals surface area contributed by atoms with Crippen LogP contribution in [0.3, 0.4) is 0 Å². The fourth-order valence-electron chi connectivity index (χ4n) is 1.93. The van der Waals surface area contributed by atoms with Crippen molar-refractivity contribution in [3.05, 3.63) is 17.5 Å². The van der Waals surface area contributed by atoms with Gasteiger partial charge in [0.15, 0.2) is 5.65 Å². The lowest BCUT2D eigenvalue weighted by Crippen LogP contribution is -2.09. The number of aromatic carboxylic acids is 1. The molecule has 2 heterocycles. The highest BCUT2D eigenvalue weighted by Gasteiger charge is 2.20. The first-order chi connectivity index (χ1) is 8.91. The second kappa shape index (κ2) is 4.87. The smallest absolute Gasteiger partial charge is 0.341 e. The van der Waals surface area contributed by atoms with E-state index in [0.29, 0.717) is 35.0 Å². The highest BCUT2D eigenvalue weighted by Crippen LogP contribution is 2.31. The van der Waals surface area contributed by atoms with Crippen LogP contribution in [-0.4, -0.2) is 32.4 Å². The molecule has 0 aromatic carbocycles. The molecule has 2 aromatic rings. The van der Waals surface area contributed by atoms with Crippen LogP contribution in [0.5, 0.6) is 5.75 Å². The minimum Gasteiger partial charge on any atom is -0.492 e. The molecule has 0 atom stereocenters. The maximum atomic E-state index is 11.3. The molecule has 0 radical (unpaired) electrons. The molecule has 0 bridgehead atoms. The number of carboxylic acid groups (broad SMARTS) is 1. The van der Waals surface area contributed by atoms with Crippen LogP contribution >= 0.6 is 0 Å². The normalized spacial score (nSPS) is 11.2. The Hall–Kier alpha value is -2.11. The zero-order chi connectivity index (χ0) is 14.2. The summed E-state index contributed by atoms with van der Waals surface area (Å²) in [6.07, 6.45) is 1.32. The van der Waals surface area contributed by atoms with Gasteiger partial charge >= 0.3 is 5.97 Å². The molecule has 2 rings (SSSR count). The molecular weight excluding hydrogens is 246 g/mol. The lowest BCUT2D eigenvalue weighted by Gasteiger charge is -2.12. The molecule has 6 heteroatoms. The standard InChI is InChI=1S/C13H17N3O3/c1-7(2)6-19-11-9(13(17)18)5-14-12-10(11)8(3)15-16(12)4/h5,7H,6H2,1-4H3,(H,17,18). The van der Waals surface area contributed by atoms with E-state index in [1.807, 2.05) is 20.8 Å². The van der Waals surface area contributed by atoms with Gasteiger partial charge < -0.3 is 9.84 Å². The molecule has 0 saturated carbocycles. The quantitative estimate of drug-likeness (QED) is 0.913. The molecular formula is C13H17N3O3. The van der Waals surface area contributed by atoms with Crippen LogP contribution in [-0.2, 0) is 7.05 Å². The van der Waals surface area contributed by atoms with Gasteiger partial charge in [-0.15, -0.1) is 0 Å². The van der Waals surface area contributed by atoms with Gasteiger partial charge in [0.05, 0.1) is 17.7 Å². The molecule has 19 heavy (non-hydrogen) atoms. The Bertz CT molecular complexity index is 632. The summed E-state index contributed by atoms with van der Waals surface area (Å²) in [4.78, 5) is 15.4. The highest BCUT2D eigenvalue weighted by atomic mass is 16.5. The first-order valence-corrected chi connectivity index (χ1v) is 6.10. The third-order valence-corrected chi connectivity index (χ3v) is 2.77. The van der Waals surface area contributed by atoms with Gasteiger partial charge in [-0.05, 0) is 12.8 Å². The first-order valence-electron chi connectivity index (χ1n) is 6.10. The van der Waals surface area contributed by atoms with E-state index in [1.165, 1.54) is 6.20 Å². The molecule has 102 valence electrons. The number of carboxylic acids is 1. The van der Waals surface area contributed by atoms with Gasteiger partial charge in [0.2, 0.25) is 0 Å². The van der Waals surface area contributed by atoms with Crippen molar-refractivity contribution in [1.29, 1.82) is 0 Å². The van der Waals surface area contributed by atoms with Gasteiger partial charge in [-0.3, -0.25) is 4.68 Å². The molecule has 0 fully saturated rings. The number of aromatic nitrogens is 3. The predicted molar refractivity (Wildman–Crippen MR) is 70.5 cm³/mol. The van der Waals surface area contributed by atoms with Crippen LogP contribution in [0.15, 0.2) is 6.20 Å². The van der Waals surface area contributed by atoms with Crippen molar-refractivity contribution in [1.82, 2.24) is 14.8 Å². The van der Waals surface area contributed by atoms with Gasteiger partial charge in [-0.25, -0.2) is 9.78 Å². The number of aryl methyl sites for hydroxylation is 2. The topological polar surface area (TPSA) is 77.2 Å². The lowest BCUT2D eigenvalue weighted by molar-refractivity contribution is 0.0691. The van der Waals surface area contributed by atoms with Crippen molar-refractivity contribution in [2.45, 2.75) is 20.8 Å². The van der Waals surface area contributed by atoms with Crippen LogP contribution in [0, 0.1) is 12.8 Å². The number of rotatable bonds is 4. The van der Waals surface area contributed by atoms with Crippen LogP contribution < -0.4 is 4.74 Å². The Balaban J connectivity index is 2.65. The third kappa shape index (κ3) is 2.38. The maximum absolute atomic E-state index is 11.3. The van der Waals surface area contributed by atoms with Gasteiger partial charge in [0.25, 0.3) is 0 Å². The number of pyridine rings is 1. The third-order valence-electron chi connectivity index (χ3n) is 2.77. The van der Waals surface area contributed by atoms with Crippen LogP contribution in [0.25, 0.3) is 11.0 Å². The summed E-state index contributed by atoms with van der Waals surface area (Å²) in [6, 6.07) is 0. The van der Waals surface area contributed by atoms with Crippen molar-refractivity contribution in [3.8, 4) is 5.75 Å². The summed E-state index contributed by atoms with van der Waals surface area (Å²) < 4.78 is 7.32. The fraction of sp³-hybridized carbons (Fsp3) is 0.462. The number of ether oxygens (including phenoxy) is 1. The van der Waals surface area contributed by atoms with E-state index in [1.54, 1.807) is 11.7 Å². The van der Waals surface area contributed by atoms with E-state index in [4.69, 9.17) is 4.74 Å². The predicted octanol–water partition coefficient (Wildman–Crippen LogP) is 2.01. The summed E-state index contributed by atoms with van der Waals surface area (Å²) in [7, 11) is 1.77. The summed E-state index contributed by atoms with van der Waals surface area (Å²) in [5.41, 5.74) is 1.41. The van der Waals surface area contributed by atoms with Crippen LogP contribution in [0.2, 0.25) is 0 Å². The molecule has 0 unspecified atom stereocenters. The highest BCUT2D eigenvalue weighted by molar-refractivity contribution is 5.98. The Labute approximate surface area is 111 Å². The SMILES string of the molecule is Cc1nn(C)c2ncc(C(=O)O)c(OCC(C)C)c12. The van der Waals surface area contributed by atoms with Gasteiger partial charge in [-0.2, -0.15) is 5.10 Å². The molecule has 0 saturated heterocycles. The van der Waals surface area contributed by atoms with Gasteiger partial charge in [-0.1, -0.05) is 13.8 Å². The first kappa shape index (κ1) is 13.3. The minimum atomic E-state index is -1.04. The van der Waals surface area contributed by atoms with E-state index >= 15 is 0 Å². The zero-order valence-corrected chi connectivity index (χ0v) is 11.5. The monoisotopic (exact) mass is 263 g/mol. The summed E-state index contributed by atoms with van der Waals surface area (Å²) in [5.74, 6) is -0.380. The fourth-order valence-corrected chi connectivity index (χ4v) is 1.93. The zero-order valence-electron chi connectivity index (χ0n) is 11.5. The Morgan fingerprint density at radius 3 is 2.79 bits per heavy atom. The van der Waals surface area contributed by atoms with Crippen molar-refractivity contribution < 1.29 is 14.6 Å². The Morgan fingerprint density at radius 2 is 2.21 bits per heavy atom. The van der Waals surface area contributed by atoms with E-state index in [0.717, 1.165) is 0 Å². The number of hydrogen-bond acceptors (Lipinski definition) is 4. The molecule has 0 aliphatic heterocycles. The second-order valence-corrected chi connectivity index (χ2v) is 4.92. The number of carbonyl (C=O) groups is 1. The van der Waals surface area contributed by atoms with E-state index in [2.05, 4.69) is 10.1 Å². The lowest BCUT2D eigenvalue weighted by atomic mass is 10.1. The molecule has 6 nitrogen and oxygen atoms in total. The van der Waals surface area contributed by atoms with Crippen LogP contribution in [0.1, 0.15) is 29.9 Å². The minimum absolute atomic E-state index is 0.0734. The number of nitrogens with zero attached hydrogens (tertiary/aromatic N) is 3. The van der Waals surface area contributed by atoms with E-state index < -0.39 is 5.97 Å². The van der Waals surface area contributed by atoms with Gasteiger partial charge in [0.1, 0.15) is 11.3 Å². The molecule has 0 amide bonds. The summed E-state index contributed by atoms with van der Waals surface area (Å²) >= 11 is 0. The molecule has 0 spiro atoms. The average Bonchev–Trinajstić information content (AvgIpc) is 2.62. The average molecular weight is 263 g/mol. The van der Waals surface area contributed by atoms with E-state index in [-0.39, 0.29) is 5.56 Å². The second-order valence-electron chi connectivity index (χ2n) is 4.92. The van der Waals surface area contributed by atoms with Crippen molar-refractivity contribution in [2.75, 3.05) is 6.61 Å². The number of hydrogen-bond donors (Lipinski definition) is 1. The van der Waals surface area contributed by atoms with Gasteiger partial charge in [0, 0.05) is 13.2 Å². The largest absolute Gasteiger partial charge is 0.492 e. The Kier molecular flexibility index (Phi) is 3.42. The molecule has 0 aliphatic rings. The van der Waals surface area contributed by atoms with E-state index in [9.17, 15) is 9.90 Å². The van der Waals surface area contributed by atoms with Crippen molar-refractivity contribution in [3.63, 3.8) is 0 Å². The molecule has 1 N–H and O–H groups in total. The summed E-state index contributed by atoms with van der Waals surface area (Å²) in [5, 5.41) is 14.2. The van der Waals surface area contributed by atoms with Crippen LogP contribution in [0.4, 0.5) is 0 Å². The Morgan fingerprint density at radius 1 is 1.53 bits per heavy atom. The molecule has 0 aliphatic carbocycles. The maximum Gasteiger partial charge on any atom is 0.341 e. The molecule has 2 aromatic heterocycles. The van der Waals surface area contributed by atoms with Crippen molar-refractivity contribution >= 4 is 17.0 Å². The summed E-state index contributed by atoms with van der Waals surface area (Å²) in [6.45, 7) is 6.29. The van der Waals surface area contributed by atoms with Crippen molar-refractivity contribution in [2.24, 2.45) is 13.0 Å². The number of fused-ring (bicyclic) bond motifs is 1.